The van der Waals surface area contributed by atoms with E-state index < -0.39 is 4.92 Å². The topological polar surface area (TPSA) is 98.7 Å². The number of rotatable bonds is 4. The highest BCUT2D eigenvalue weighted by molar-refractivity contribution is 7.98. The zero-order chi connectivity index (χ0) is 15.6. The van der Waals surface area contributed by atoms with Crippen molar-refractivity contribution in [3.8, 4) is 5.75 Å². The highest BCUT2D eigenvalue weighted by atomic mass is 32.2. The molecule has 0 aliphatic carbocycles. The molecule has 1 heterocycles. The van der Waals surface area contributed by atoms with Crippen LogP contribution in [0.4, 0.5) is 5.69 Å². The predicted molar refractivity (Wildman–Crippen MR) is 79.9 cm³/mol. The van der Waals surface area contributed by atoms with Crippen LogP contribution < -0.4 is 10.5 Å². The molecule has 0 spiro atoms. The Labute approximate surface area is 126 Å². The second kappa shape index (κ2) is 6.31. The molecule has 1 atom stereocenters. The molecular weight excluding hydrogens is 294 g/mol. The number of methoxy groups -OCH3 is 1. The summed E-state index contributed by atoms with van der Waals surface area (Å²) in [6, 6.07) is 2.76. The Morgan fingerprint density at radius 3 is 2.76 bits per heavy atom. The molecular formula is C13H17N3O4S. The van der Waals surface area contributed by atoms with Crippen molar-refractivity contribution in [3.63, 3.8) is 0 Å². The normalized spacial score (nSPS) is 17.9. The molecule has 8 heteroatoms. The molecule has 0 aromatic heterocycles. The number of nitro groups is 1. The molecule has 2 N–H and O–H groups in total. The van der Waals surface area contributed by atoms with Gasteiger partial charge in [-0.15, -0.1) is 11.8 Å². The summed E-state index contributed by atoms with van der Waals surface area (Å²) in [5, 5.41) is 11.2. The minimum absolute atomic E-state index is 0.0636. The van der Waals surface area contributed by atoms with Gasteiger partial charge in [-0.2, -0.15) is 0 Å². The molecule has 1 aliphatic heterocycles. The molecule has 0 saturated carbocycles. The standard InChI is InChI=1S/C13H17N3O4S/c1-20-11-6-10(16(18)19)9(5-12(11)21-2)13(17)15-4-3-8(14)7-15/h5-6,8H,3-4,7,14H2,1-2H3/t8-/m1/s1. The first-order valence-electron chi connectivity index (χ1n) is 6.43. The Bertz CT molecular complexity index is 579. The number of likely N-dealkylation sites (tertiary alicyclic amines) is 1. The summed E-state index contributed by atoms with van der Waals surface area (Å²) in [4.78, 5) is 25.4. The average Bonchev–Trinajstić information content (AvgIpc) is 2.91. The fourth-order valence-electron chi connectivity index (χ4n) is 2.33. The minimum atomic E-state index is -0.560. The van der Waals surface area contributed by atoms with Crippen LogP contribution in [0.5, 0.6) is 5.75 Å². The summed E-state index contributed by atoms with van der Waals surface area (Å²) in [5.41, 5.74) is 5.63. The molecule has 2 rings (SSSR count). The Hall–Kier alpha value is -1.80. The smallest absolute Gasteiger partial charge is 0.285 e. The Balaban J connectivity index is 2.45. The zero-order valence-corrected chi connectivity index (χ0v) is 12.7. The number of hydrogen-bond acceptors (Lipinski definition) is 6. The molecule has 1 aliphatic rings. The number of amides is 1. The van der Waals surface area contributed by atoms with E-state index in [2.05, 4.69) is 0 Å². The highest BCUT2D eigenvalue weighted by Gasteiger charge is 2.30. The van der Waals surface area contributed by atoms with Gasteiger partial charge in [-0.1, -0.05) is 0 Å². The number of hydrogen-bond donors (Lipinski definition) is 1. The molecule has 1 amide bonds. The van der Waals surface area contributed by atoms with Crippen LogP contribution in [-0.4, -0.2) is 48.2 Å². The first kappa shape index (κ1) is 15.6. The van der Waals surface area contributed by atoms with Gasteiger partial charge < -0.3 is 15.4 Å². The molecule has 0 bridgehead atoms. The number of nitro benzene ring substituents is 1. The maximum absolute atomic E-state index is 12.5. The SMILES string of the molecule is COc1cc([N+](=O)[O-])c(C(=O)N2CC[C@@H](N)C2)cc1SC. The minimum Gasteiger partial charge on any atom is -0.495 e. The van der Waals surface area contributed by atoms with Gasteiger partial charge in [-0.05, 0) is 18.7 Å². The number of thioether (sulfide) groups is 1. The van der Waals surface area contributed by atoms with Gasteiger partial charge in [0.1, 0.15) is 11.3 Å². The maximum atomic E-state index is 12.5. The molecule has 1 fully saturated rings. The van der Waals surface area contributed by atoms with Crippen LogP contribution >= 0.6 is 11.8 Å². The summed E-state index contributed by atoms with van der Waals surface area (Å²) in [6.45, 7) is 0.953. The van der Waals surface area contributed by atoms with Crippen molar-refractivity contribution < 1.29 is 14.5 Å². The highest BCUT2D eigenvalue weighted by Crippen LogP contribution is 2.35. The van der Waals surface area contributed by atoms with Crippen LogP contribution in [0.1, 0.15) is 16.8 Å². The van der Waals surface area contributed by atoms with Crippen molar-refractivity contribution in [1.82, 2.24) is 4.90 Å². The van der Waals surface area contributed by atoms with Crippen LogP contribution in [0.15, 0.2) is 17.0 Å². The number of carbonyl (C=O) groups excluding carboxylic acids is 1. The first-order valence-corrected chi connectivity index (χ1v) is 7.65. The van der Waals surface area contributed by atoms with Gasteiger partial charge in [0.05, 0.1) is 23.0 Å². The van der Waals surface area contributed by atoms with Crippen LogP contribution in [0.2, 0.25) is 0 Å². The third-order valence-corrected chi connectivity index (χ3v) is 4.20. The molecule has 1 aromatic rings. The van der Waals surface area contributed by atoms with Crippen LogP contribution in [-0.2, 0) is 0 Å². The monoisotopic (exact) mass is 311 g/mol. The van der Waals surface area contributed by atoms with Crippen molar-refractivity contribution >= 4 is 23.4 Å². The first-order chi connectivity index (χ1) is 9.97. The van der Waals surface area contributed by atoms with Crippen LogP contribution in [0.3, 0.4) is 0 Å². The second-order valence-corrected chi connectivity index (χ2v) is 5.63. The Kier molecular flexibility index (Phi) is 4.69. The van der Waals surface area contributed by atoms with Crippen LogP contribution in [0.25, 0.3) is 0 Å². The summed E-state index contributed by atoms with van der Waals surface area (Å²) in [5.74, 6) is 0.0384. The van der Waals surface area contributed by atoms with Crippen molar-refractivity contribution in [3.05, 3.63) is 27.8 Å². The van der Waals surface area contributed by atoms with E-state index in [1.165, 1.54) is 31.0 Å². The molecule has 7 nitrogen and oxygen atoms in total. The Morgan fingerprint density at radius 1 is 1.57 bits per heavy atom. The van der Waals surface area contributed by atoms with Gasteiger partial charge in [0.2, 0.25) is 0 Å². The number of nitrogens with zero attached hydrogens (tertiary/aromatic N) is 2. The predicted octanol–water partition coefficient (Wildman–Crippen LogP) is 1.50. The third-order valence-electron chi connectivity index (χ3n) is 3.44. The van der Waals surface area contributed by atoms with E-state index in [9.17, 15) is 14.9 Å². The number of carbonyl (C=O) groups is 1. The average molecular weight is 311 g/mol. The molecule has 21 heavy (non-hydrogen) atoms. The second-order valence-electron chi connectivity index (χ2n) is 4.78. The van der Waals surface area contributed by atoms with Crippen molar-refractivity contribution in [2.24, 2.45) is 5.73 Å². The van der Waals surface area contributed by atoms with E-state index in [-0.39, 0.29) is 23.2 Å². The zero-order valence-electron chi connectivity index (χ0n) is 11.9. The van der Waals surface area contributed by atoms with Gasteiger partial charge in [0.25, 0.3) is 11.6 Å². The van der Waals surface area contributed by atoms with Crippen molar-refractivity contribution in [2.45, 2.75) is 17.4 Å². The van der Waals surface area contributed by atoms with E-state index in [1.807, 2.05) is 6.26 Å². The maximum Gasteiger partial charge on any atom is 0.285 e. The van der Waals surface area contributed by atoms with Gasteiger partial charge in [-0.3, -0.25) is 14.9 Å². The van der Waals surface area contributed by atoms with Gasteiger partial charge >= 0.3 is 0 Å². The summed E-state index contributed by atoms with van der Waals surface area (Å²) in [6.07, 6.45) is 2.54. The molecule has 0 unspecified atom stereocenters. The van der Waals surface area contributed by atoms with E-state index in [4.69, 9.17) is 10.5 Å². The van der Waals surface area contributed by atoms with Crippen molar-refractivity contribution in [2.75, 3.05) is 26.5 Å². The fraction of sp³-hybridized carbons (Fsp3) is 0.462. The molecule has 1 aromatic carbocycles. The largest absolute Gasteiger partial charge is 0.495 e. The van der Waals surface area contributed by atoms with E-state index >= 15 is 0 Å². The number of benzene rings is 1. The third kappa shape index (κ3) is 3.11. The molecule has 114 valence electrons. The molecule has 1 saturated heterocycles. The lowest BCUT2D eigenvalue weighted by Crippen LogP contribution is -2.32. The quantitative estimate of drug-likeness (QED) is 0.514. The van der Waals surface area contributed by atoms with E-state index in [0.717, 1.165) is 0 Å². The molecule has 0 radical (unpaired) electrons. The summed E-state index contributed by atoms with van der Waals surface area (Å²) < 4.78 is 5.13. The number of nitrogens with two attached hydrogens (primary N) is 1. The Morgan fingerprint density at radius 2 is 2.29 bits per heavy atom. The lowest BCUT2D eigenvalue weighted by molar-refractivity contribution is -0.385. The van der Waals surface area contributed by atoms with E-state index in [1.54, 1.807) is 4.90 Å². The summed E-state index contributed by atoms with van der Waals surface area (Å²) in [7, 11) is 1.44. The fourth-order valence-corrected chi connectivity index (χ4v) is 2.91. The van der Waals surface area contributed by atoms with E-state index in [0.29, 0.717) is 30.2 Å². The van der Waals surface area contributed by atoms with Crippen LogP contribution in [0, 0.1) is 10.1 Å². The number of ether oxygens (including phenoxy) is 1. The summed E-state index contributed by atoms with van der Waals surface area (Å²) >= 11 is 1.37. The van der Waals surface area contributed by atoms with Gasteiger partial charge in [-0.25, -0.2) is 0 Å². The van der Waals surface area contributed by atoms with Crippen molar-refractivity contribution in [1.29, 1.82) is 0 Å². The lowest BCUT2D eigenvalue weighted by Gasteiger charge is -2.17. The van der Waals surface area contributed by atoms with Gasteiger partial charge in [0.15, 0.2) is 0 Å². The lowest BCUT2D eigenvalue weighted by atomic mass is 10.1. The van der Waals surface area contributed by atoms with Gasteiger partial charge in [0, 0.05) is 19.1 Å².